The lowest BCUT2D eigenvalue weighted by Crippen LogP contribution is -2.51. The summed E-state index contributed by atoms with van der Waals surface area (Å²) in [4.78, 5) is 24.0. The molecule has 0 aliphatic rings. The monoisotopic (exact) mass is 348 g/mol. The largest absolute Gasteiger partial charge is 0.444 e. The van der Waals surface area contributed by atoms with Gasteiger partial charge in [-0.3, -0.25) is 4.79 Å². The summed E-state index contributed by atoms with van der Waals surface area (Å²) < 4.78 is 15.5. The molecule has 0 heterocycles. The molecule has 0 radical (unpaired) electrons. The van der Waals surface area contributed by atoms with Crippen molar-refractivity contribution in [3.8, 4) is 0 Å². The lowest BCUT2D eigenvalue weighted by Gasteiger charge is -2.25. The molecular weight excluding hydrogens is 316 g/mol. The molecule has 8 nitrogen and oxygen atoms in total. The van der Waals surface area contributed by atoms with Crippen LogP contribution in [0, 0.1) is 5.92 Å². The lowest BCUT2D eigenvalue weighted by atomic mass is 10.0. The first-order valence-electron chi connectivity index (χ1n) is 8.21. The van der Waals surface area contributed by atoms with Gasteiger partial charge < -0.3 is 30.0 Å². The molecule has 0 saturated carbocycles. The molecule has 0 bridgehead atoms. The maximum atomic E-state index is 12.2. The minimum absolute atomic E-state index is 0.0166. The first-order valence-corrected chi connectivity index (χ1v) is 8.21. The van der Waals surface area contributed by atoms with E-state index in [2.05, 4.69) is 10.6 Å². The molecule has 1 atom stereocenters. The molecule has 2 amide bonds. The first kappa shape index (κ1) is 22.6. The number of carbonyl (C=O) groups is 2. The molecule has 0 saturated heterocycles. The van der Waals surface area contributed by atoms with E-state index in [0.29, 0.717) is 26.4 Å². The summed E-state index contributed by atoms with van der Waals surface area (Å²) in [6.45, 7) is 10.7. The normalized spacial score (nSPS) is 12.8. The fourth-order valence-electron chi connectivity index (χ4n) is 1.71. The third kappa shape index (κ3) is 12.1. The predicted octanol–water partition coefficient (Wildman–Crippen LogP) is 0.677. The Labute approximate surface area is 144 Å². The summed E-state index contributed by atoms with van der Waals surface area (Å²) in [5.41, 5.74) is -0.617. The average molecular weight is 348 g/mol. The van der Waals surface area contributed by atoms with Gasteiger partial charge in [0.05, 0.1) is 33.0 Å². The number of ether oxygens (including phenoxy) is 3. The molecule has 0 aliphatic heterocycles. The van der Waals surface area contributed by atoms with Gasteiger partial charge in [0.25, 0.3) is 0 Å². The second-order valence-corrected chi connectivity index (χ2v) is 6.61. The number of aliphatic hydroxyl groups is 1. The van der Waals surface area contributed by atoms with E-state index in [9.17, 15) is 9.59 Å². The Hall–Kier alpha value is -1.38. The van der Waals surface area contributed by atoms with Gasteiger partial charge in [0, 0.05) is 6.54 Å². The van der Waals surface area contributed by atoms with Gasteiger partial charge in [-0.2, -0.15) is 0 Å². The van der Waals surface area contributed by atoms with Crippen LogP contribution in [0.5, 0.6) is 0 Å². The quantitative estimate of drug-likeness (QED) is 0.474. The summed E-state index contributed by atoms with van der Waals surface area (Å²) in [5.74, 6) is -0.360. The van der Waals surface area contributed by atoms with Crippen LogP contribution in [0.2, 0.25) is 0 Å². The fourth-order valence-corrected chi connectivity index (χ4v) is 1.71. The van der Waals surface area contributed by atoms with E-state index in [1.807, 2.05) is 13.8 Å². The van der Waals surface area contributed by atoms with Gasteiger partial charge in [-0.1, -0.05) is 13.8 Å². The summed E-state index contributed by atoms with van der Waals surface area (Å²) in [6, 6.07) is -0.673. The standard InChI is InChI=1S/C16H32N2O6/c1-12(2)13(18-15(21)24-16(3,4)5)14(20)17-6-8-22-10-11-23-9-7-19/h12-13,19H,6-11H2,1-5H3,(H,17,20)(H,18,21)/t13-/m0/s1. The maximum absolute atomic E-state index is 12.2. The van der Waals surface area contributed by atoms with Crippen LogP contribution in [0.3, 0.4) is 0 Å². The number of amides is 2. The number of rotatable bonds is 11. The summed E-state index contributed by atoms with van der Waals surface area (Å²) in [7, 11) is 0. The van der Waals surface area contributed by atoms with E-state index in [1.165, 1.54) is 0 Å². The molecule has 0 aromatic rings. The summed E-state index contributed by atoms with van der Waals surface area (Å²) in [6.07, 6.45) is -0.617. The van der Waals surface area contributed by atoms with Crippen LogP contribution >= 0.6 is 0 Å². The van der Waals surface area contributed by atoms with Gasteiger partial charge in [-0.05, 0) is 26.7 Å². The van der Waals surface area contributed by atoms with Crippen molar-refractivity contribution in [3.63, 3.8) is 0 Å². The predicted molar refractivity (Wildman–Crippen MR) is 89.7 cm³/mol. The van der Waals surface area contributed by atoms with Crippen molar-refractivity contribution < 1.29 is 28.9 Å². The van der Waals surface area contributed by atoms with Gasteiger partial charge in [0.2, 0.25) is 5.91 Å². The molecule has 0 aromatic carbocycles. The molecule has 3 N–H and O–H groups in total. The van der Waals surface area contributed by atoms with Crippen molar-refractivity contribution in [2.75, 3.05) is 39.6 Å². The second-order valence-electron chi connectivity index (χ2n) is 6.61. The van der Waals surface area contributed by atoms with Crippen molar-refractivity contribution in [2.24, 2.45) is 5.92 Å². The number of nitrogens with one attached hydrogen (secondary N) is 2. The maximum Gasteiger partial charge on any atom is 0.408 e. The molecule has 8 heteroatoms. The van der Waals surface area contributed by atoms with Crippen LogP contribution in [0.1, 0.15) is 34.6 Å². The van der Waals surface area contributed by atoms with Crippen molar-refractivity contribution >= 4 is 12.0 Å². The lowest BCUT2D eigenvalue weighted by molar-refractivity contribution is -0.124. The third-order valence-electron chi connectivity index (χ3n) is 2.77. The number of hydrogen-bond acceptors (Lipinski definition) is 6. The Morgan fingerprint density at radius 1 is 1.04 bits per heavy atom. The van der Waals surface area contributed by atoms with Crippen molar-refractivity contribution in [3.05, 3.63) is 0 Å². The van der Waals surface area contributed by atoms with Crippen molar-refractivity contribution in [1.82, 2.24) is 10.6 Å². The Morgan fingerprint density at radius 2 is 1.62 bits per heavy atom. The highest BCUT2D eigenvalue weighted by Gasteiger charge is 2.26. The zero-order valence-corrected chi connectivity index (χ0v) is 15.4. The van der Waals surface area contributed by atoms with E-state index in [1.54, 1.807) is 20.8 Å². The number of carbonyl (C=O) groups excluding carboxylic acids is 2. The van der Waals surface area contributed by atoms with Gasteiger partial charge in [0.15, 0.2) is 0 Å². The summed E-state index contributed by atoms with van der Waals surface area (Å²) >= 11 is 0. The van der Waals surface area contributed by atoms with Crippen LogP contribution in [0.4, 0.5) is 4.79 Å². The number of aliphatic hydroxyl groups excluding tert-OH is 1. The minimum Gasteiger partial charge on any atom is -0.444 e. The van der Waals surface area contributed by atoms with E-state index in [-0.39, 0.29) is 25.0 Å². The zero-order valence-electron chi connectivity index (χ0n) is 15.4. The van der Waals surface area contributed by atoms with Crippen LogP contribution < -0.4 is 10.6 Å². The van der Waals surface area contributed by atoms with Crippen LogP contribution in [0.25, 0.3) is 0 Å². The molecule has 0 spiro atoms. The molecule has 0 fully saturated rings. The van der Waals surface area contributed by atoms with E-state index in [4.69, 9.17) is 19.3 Å². The summed E-state index contributed by atoms with van der Waals surface area (Å²) in [5, 5.41) is 13.8. The van der Waals surface area contributed by atoms with Gasteiger partial charge in [-0.25, -0.2) is 4.79 Å². The smallest absolute Gasteiger partial charge is 0.408 e. The highest BCUT2D eigenvalue weighted by Crippen LogP contribution is 2.08. The number of hydrogen-bond donors (Lipinski definition) is 3. The van der Waals surface area contributed by atoms with Gasteiger partial charge >= 0.3 is 6.09 Å². The first-order chi connectivity index (χ1) is 11.2. The third-order valence-corrected chi connectivity index (χ3v) is 2.77. The van der Waals surface area contributed by atoms with E-state index in [0.717, 1.165) is 0 Å². The Kier molecular flexibility index (Phi) is 11.4. The van der Waals surface area contributed by atoms with Gasteiger partial charge in [-0.15, -0.1) is 0 Å². The van der Waals surface area contributed by atoms with Crippen LogP contribution in [-0.2, 0) is 19.0 Å². The highest BCUT2D eigenvalue weighted by atomic mass is 16.6. The molecule has 142 valence electrons. The van der Waals surface area contributed by atoms with Crippen LogP contribution in [0.15, 0.2) is 0 Å². The van der Waals surface area contributed by atoms with Crippen molar-refractivity contribution in [2.45, 2.75) is 46.3 Å². The highest BCUT2D eigenvalue weighted by molar-refractivity contribution is 5.85. The molecule has 24 heavy (non-hydrogen) atoms. The Bertz CT molecular complexity index is 368. The molecule has 0 rings (SSSR count). The SMILES string of the molecule is CC(C)[C@H](NC(=O)OC(C)(C)C)C(=O)NCCOCCOCCO. The zero-order chi connectivity index (χ0) is 18.6. The van der Waals surface area contributed by atoms with Gasteiger partial charge in [0.1, 0.15) is 11.6 Å². The molecular formula is C16H32N2O6. The van der Waals surface area contributed by atoms with E-state index < -0.39 is 17.7 Å². The minimum atomic E-state index is -0.673. The fraction of sp³-hybridized carbons (Fsp3) is 0.875. The Morgan fingerprint density at radius 3 is 2.12 bits per heavy atom. The molecule has 0 unspecified atom stereocenters. The number of alkyl carbamates (subject to hydrolysis) is 1. The van der Waals surface area contributed by atoms with Crippen molar-refractivity contribution in [1.29, 1.82) is 0 Å². The molecule has 0 aromatic heterocycles. The van der Waals surface area contributed by atoms with E-state index >= 15 is 0 Å². The second kappa shape index (κ2) is 12.0. The van der Waals surface area contributed by atoms with Crippen LogP contribution in [-0.4, -0.2) is 68.3 Å². The molecule has 0 aliphatic carbocycles. The topological polar surface area (TPSA) is 106 Å². The Balaban J connectivity index is 4.06. The average Bonchev–Trinajstić information content (AvgIpc) is 2.45.